The van der Waals surface area contributed by atoms with Gasteiger partial charge < -0.3 is 0 Å². The number of halogens is 4. The molecule has 0 saturated carbocycles. The summed E-state index contributed by atoms with van der Waals surface area (Å²) in [5, 5.41) is 0.0698. The first-order chi connectivity index (χ1) is 3.66. The van der Waals surface area contributed by atoms with Crippen LogP contribution < -0.4 is 0 Å². The molecule has 1 unspecified atom stereocenters. The maximum Gasteiger partial charge on any atom is 0.0712 e. The van der Waals surface area contributed by atoms with E-state index in [1.165, 1.54) is 0 Å². The van der Waals surface area contributed by atoms with Gasteiger partial charge in [0.05, 0.1) is 3.74 Å². The molecule has 0 aliphatic heterocycles. The molecule has 0 aliphatic rings. The summed E-state index contributed by atoms with van der Waals surface area (Å²) in [6.07, 6.45) is 0.852. The second-order valence-electron chi connectivity index (χ2n) is 1.38. The SMILES string of the molecule is ClCC(Cl)CC(Br)Br. The minimum absolute atomic E-state index is 0.0698. The van der Waals surface area contributed by atoms with Crippen LogP contribution in [0.4, 0.5) is 0 Å². The van der Waals surface area contributed by atoms with Crippen molar-refractivity contribution in [1.82, 2.24) is 0 Å². The molecule has 50 valence electrons. The van der Waals surface area contributed by atoms with Crippen LogP contribution in [0.25, 0.3) is 0 Å². The highest BCUT2D eigenvalue weighted by atomic mass is 79.9. The van der Waals surface area contributed by atoms with Crippen LogP contribution in [0, 0.1) is 0 Å². The highest BCUT2D eigenvalue weighted by Crippen LogP contribution is 2.18. The van der Waals surface area contributed by atoms with E-state index in [4.69, 9.17) is 23.2 Å². The highest BCUT2D eigenvalue weighted by Gasteiger charge is 2.06. The molecule has 0 heterocycles. The Balaban J connectivity index is 3.10. The van der Waals surface area contributed by atoms with Gasteiger partial charge in [-0.15, -0.1) is 23.2 Å². The van der Waals surface area contributed by atoms with Crippen LogP contribution >= 0.6 is 55.1 Å². The zero-order valence-corrected chi connectivity index (χ0v) is 8.76. The summed E-state index contributed by atoms with van der Waals surface area (Å²) in [5.41, 5.74) is 0. The summed E-state index contributed by atoms with van der Waals surface area (Å²) in [7, 11) is 0. The van der Waals surface area contributed by atoms with E-state index in [-0.39, 0.29) is 9.11 Å². The Bertz CT molecular complexity index is 58.0. The van der Waals surface area contributed by atoms with Gasteiger partial charge in [0.25, 0.3) is 0 Å². The Hall–Kier alpha value is 1.54. The monoisotopic (exact) mass is 282 g/mol. The summed E-state index contributed by atoms with van der Waals surface area (Å²) in [6.45, 7) is 0. The second kappa shape index (κ2) is 5.33. The molecule has 1 atom stereocenters. The van der Waals surface area contributed by atoms with Crippen molar-refractivity contribution in [3.05, 3.63) is 0 Å². The smallest absolute Gasteiger partial charge is 0.0712 e. The fourth-order valence-corrected chi connectivity index (χ4v) is 1.89. The molecule has 0 radical (unpaired) electrons. The van der Waals surface area contributed by atoms with Crippen LogP contribution in [-0.2, 0) is 0 Å². The van der Waals surface area contributed by atoms with Crippen LogP contribution in [0.3, 0.4) is 0 Å². The maximum absolute atomic E-state index is 5.67. The lowest BCUT2D eigenvalue weighted by atomic mass is 10.4. The predicted octanol–water partition coefficient (Wildman–Crippen LogP) is 3.34. The highest BCUT2D eigenvalue weighted by molar-refractivity contribution is 9.24. The van der Waals surface area contributed by atoms with Crippen molar-refractivity contribution >= 4 is 55.1 Å². The molecule has 8 heavy (non-hydrogen) atoms. The van der Waals surface area contributed by atoms with E-state index in [1.807, 2.05) is 0 Å². The van der Waals surface area contributed by atoms with Crippen LogP contribution in [-0.4, -0.2) is 15.0 Å². The van der Waals surface area contributed by atoms with Gasteiger partial charge in [-0.1, -0.05) is 31.9 Å². The van der Waals surface area contributed by atoms with E-state index in [0.29, 0.717) is 5.88 Å². The minimum atomic E-state index is 0.0698. The van der Waals surface area contributed by atoms with Crippen LogP contribution in [0.2, 0.25) is 0 Å². The number of rotatable bonds is 3. The molecule has 0 bridgehead atoms. The molecule has 0 N–H and O–H groups in total. The molecule has 4 heteroatoms. The fourth-order valence-electron chi connectivity index (χ4n) is 0.256. The number of hydrogen-bond donors (Lipinski definition) is 0. The van der Waals surface area contributed by atoms with Gasteiger partial charge in [0.15, 0.2) is 0 Å². The van der Waals surface area contributed by atoms with E-state index in [2.05, 4.69) is 31.9 Å². The van der Waals surface area contributed by atoms with Crippen molar-refractivity contribution in [3.8, 4) is 0 Å². The molecule has 0 aromatic heterocycles. The van der Waals surface area contributed by atoms with Gasteiger partial charge in [-0.25, -0.2) is 0 Å². The molecule has 0 saturated heterocycles. The third kappa shape index (κ3) is 5.67. The Morgan fingerprint density at radius 1 is 1.38 bits per heavy atom. The summed E-state index contributed by atoms with van der Waals surface area (Å²) < 4.78 is 0.288. The summed E-state index contributed by atoms with van der Waals surface area (Å²) in [5.74, 6) is 0.509. The first-order valence-electron chi connectivity index (χ1n) is 2.15. The van der Waals surface area contributed by atoms with Crippen LogP contribution in [0.1, 0.15) is 6.42 Å². The third-order valence-electron chi connectivity index (χ3n) is 0.601. The summed E-state index contributed by atoms with van der Waals surface area (Å²) >= 11 is 17.7. The molecule has 0 rings (SSSR count). The van der Waals surface area contributed by atoms with Crippen molar-refractivity contribution in [3.63, 3.8) is 0 Å². The van der Waals surface area contributed by atoms with Gasteiger partial charge in [0, 0.05) is 11.3 Å². The van der Waals surface area contributed by atoms with E-state index in [1.54, 1.807) is 0 Å². The zero-order chi connectivity index (χ0) is 6.57. The van der Waals surface area contributed by atoms with Gasteiger partial charge in [-0.2, -0.15) is 0 Å². The molecule has 0 aliphatic carbocycles. The zero-order valence-electron chi connectivity index (χ0n) is 4.08. The fraction of sp³-hybridized carbons (Fsp3) is 1.00. The second-order valence-corrected chi connectivity index (χ2v) is 5.74. The van der Waals surface area contributed by atoms with Crippen molar-refractivity contribution in [2.24, 2.45) is 0 Å². The third-order valence-corrected chi connectivity index (χ3v) is 2.21. The molecule has 0 fully saturated rings. The molecule has 0 spiro atoms. The first-order valence-corrected chi connectivity index (χ1v) is 4.95. The van der Waals surface area contributed by atoms with Gasteiger partial charge in [0.1, 0.15) is 0 Å². The van der Waals surface area contributed by atoms with Crippen molar-refractivity contribution in [1.29, 1.82) is 0 Å². The normalized spacial score (nSPS) is 14.6. The molecular weight excluding hydrogens is 279 g/mol. The van der Waals surface area contributed by atoms with Gasteiger partial charge in [-0.05, 0) is 6.42 Å². The Labute approximate surface area is 76.2 Å². The number of hydrogen-bond acceptors (Lipinski definition) is 0. The van der Waals surface area contributed by atoms with Crippen molar-refractivity contribution in [2.75, 3.05) is 5.88 Å². The predicted molar refractivity (Wildman–Crippen MR) is 46.6 cm³/mol. The Morgan fingerprint density at radius 3 is 2.00 bits per heavy atom. The maximum atomic E-state index is 5.67. The lowest BCUT2D eigenvalue weighted by molar-refractivity contribution is 0.899. The van der Waals surface area contributed by atoms with E-state index in [9.17, 15) is 0 Å². The molecule has 0 aromatic rings. The van der Waals surface area contributed by atoms with Gasteiger partial charge in [-0.3, -0.25) is 0 Å². The van der Waals surface area contributed by atoms with Gasteiger partial charge in [0.2, 0.25) is 0 Å². The summed E-state index contributed by atoms with van der Waals surface area (Å²) in [4.78, 5) is 0. The standard InChI is InChI=1S/C4H6Br2Cl2/c5-4(6)1-3(8)2-7/h3-4H,1-2H2. The summed E-state index contributed by atoms with van der Waals surface area (Å²) in [6, 6.07) is 0. The first kappa shape index (κ1) is 9.54. The molecular formula is C4H6Br2Cl2. The largest absolute Gasteiger partial charge is 0.125 e. The topological polar surface area (TPSA) is 0 Å². The van der Waals surface area contributed by atoms with Crippen molar-refractivity contribution < 1.29 is 0 Å². The Morgan fingerprint density at radius 2 is 1.88 bits per heavy atom. The quantitative estimate of drug-likeness (QED) is 0.698. The van der Waals surface area contributed by atoms with Gasteiger partial charge >= 0.3 is 0 Å². The van der Waals surface area contributed by atoms with Crippen molar-refractivity contribution in [2.45, 2.75) is 15.5 Å². The van der Waals surface area contributed by atoms with E-state index >= 15 is 0 Å². The van der Waals surface area contributed by atoms with E-state index in [0.717, 1.165) is 6.42 Å². The van der Waals surface area contributed by atoms with E-state index < -0.39 is 0 Å². The number of alkyl halides is 4. The van der Waals surface area contributed by atoms with Crippen LogP contribution in [0.5, 0.6) is 0 Å². The average Bonchev–Trinajstić information content (AvgIpc) is 1.65. The molecule has 0 amide bonds. The van der Waals surface area contributed by atoms with Crippen LogP contribution in [0.15, 0.2) is 0 Å². The molecule has 0 aromatic carbocycles. The molecule has 0 nitrogen and oxygen atoms in total. The Kier molecular flexibility index (Phi) is 6.36. The lowest BCUT2D eigenvalue weighted by Crippen LogP contribution is -2.03. The minimum Gasteiger partial charge on any atom is -0.125 e. The lowest BCUT2D eigenvalue weighted by Gasteiger charge is -2.03. The average molecular weight is 285 g/mol.